The summed E-state index contributed by atoms with van der Waals surface area (Å²) in [5.74, 6) is 0.946. The highest BCUT2D eigenvalue weighted by molar-refractivity contribution is 9.10. The molecule has 5 heteroatoms. The van der Waals surface area contributed by atoms with Gasteiger partial charge in [0.25, 0.3) is 0 Å². The molecule has 2 rings (SSSR count). The Kier molecular flexibility index (Phi) is 4.52. The summed E-state index contributed by atoms with van der Waals surface area (Å²) in [6.45, 7) is 0.471. The van der Waals surface area contributed by atoms with Crippen molar-refractivity contribution in [2.45, 2.75) is 13.0 Å². The second kappa shape index (κ2) is 6.33. The molecule has 0 fully saturated rings. The van der Waals surface area contributed by atoms with Gasteiger partial charge in [0, 0.05) is 28.9 Å². The van der Waals surface area contributed by atoms with Crippen LogP contribution in [0.3, 0.4) is 0 Å². The van der Waals surface area contributed by atoms with Crippen molar-refractivity contribution in [3.05, 3.63) is 58.3 Å². The number of nitrogens with zero attached hydrogens (tertiary/aromatic N) is 1. The molecule has 1 aromatic heterocycles. The minimum absolute atomic E-state index is 0.161. The minimum atomic E-state index is 0.161. The van der Waals surface area contributed by atoms with Crippen molar-refractivity contribution in [3.8, 4) is 5.75 Å². The Morgan fingerprint density at radius 3 is 2.58 bits per heavy atom. The zero-order valence-electron chi connectivity index (χ0n) is 10.3. The van der Waals surface area contributed by atoms with E-state index in [2.05, 4.69) is 20.9 Å². The van der Waals surface area contributed by atoms with Crippen LogP contribution in [0.15, 0.2) is 47.2 Å². The van der Waals surface area contributed by atoms with Gasteiger partial charge in [-0.15, -0.1) is 0 Å². The maximum Gasteiger partial charge on any atom is 0.119 e. The number of hydrogen-bond acceptors (Lipinski definition) is 3. The number of pyridine rings is 1. The fourth-order valence-electron chi connectivity index (χ4n) is 1.62. The highest BCUT2D eigenvalue weighted by atomic mass is 79.9. The van der Waals surface area contributed by atoms with E-state index < -0.39 is 0 Å². The Morgan fingerprint density at radius 2 is 1.95 bits per heavy atom. The average molecular weight is 320 g/mol. The van der Waals surface area contributed by atoms with Crippen LogP contribution in [0.25, 0.3) is 0 Å². The molecule has 0 bridgehead atoms. The first-order valence-corrected chi connectivity index (χ1v) is 6.57. The third-order valence-corrected chi connectivity index (χ3v) is 2.92. The monoisotopic (exact) mass is 319 g/mol. The molecule has 2 aromatic rings. The van der Waals surface area contributed by atoms with Gasteiger partial charge in [0.2, 0.25) is 0 Å². The van der Waals surface area contributed by atoms with Crippen molar-refractivity contribution in [3.63, 3.8) is 0 Å². The van der Waals surface area contributed by atoms with Gasteiger partial charge in [-0.25, -0.2) is 0 Å². The predicted molar refractivity (Wildman–Crippen MR) is 78.3 cm³/mol. The number of benzene rings is 1. The van der Waals surface area contributed by atoms with E-state index in [0.29, 0.717) is 13.0 Å². The lowest BCUT2D eigenvalue weighted by Crippen LogP contribution is -2.12. The van der Waals surface area contributed by atoms with Crippen LogP contribution in [-0.2, 0) is 13.0 Å². The maximum absolute atomic E-state index is 7.23. The summed E-state index contributed by atoms with van der Waals surface area (Å²) in [6.07, 6.45) is 3.98. The topological polar surface area (TPSA) is 72.0 Å². The van der Waals surface area contributed by atoms with E-state index in [9.17, 15) is 0 Å². The van der Waals surface area contributed by atoms with E-state index in [1.54, 1.807) is 12.4 Å². The van der Waals surface area contributed by atoms with Gasteiger partial charge < -0.3 is 10.5 Å². The summed E-state index contributed by atoms with van der Waals surface area (Å²) in [6, 6.07) is 9.55. The molecule has 4 nitrogen and oxygen atoms in total. The molecule has 98 valence electrons. The van der Waals surface area contributed by atoms with Crippen LogP contribution in [0.4, 0.5) is 0 Å². The summed E-state index contributed by atoms with van der Waals surface area (Å²) in [4.78, 5) is 4.08. The van der Waals surface area contributed by atoms with Crippen molar-refractivity contribution >= 4 is 21.8 Å². The van der Waals surface area contributed by atoms with Crippen LogP contribution < -0.4 is 10.5 Å². The van der Waals surface area contributed by atoms with Crippen molar-refractivity contribution in [2.75, 3.05) is 0 Å². The molecule has 0 radical (unpaired) electrons. The smallest absolute Gasteiger partial charge is 0.119 e. The Balaban J connectivity index is 1.94. The highest BCUT2D eigenvalue weighted by Crippen LogP contribution is 2.16. The quantitative estimate of drug-likeness (QED) is 0.657. The van der Waals surface area contributed by atoms with Gasteiger partial charge in [0.1, 0.15) is 12.4 Å². The van der Waals surface area contributed by atoms with Crippen LogP contribution >= 0.6 is 15.9 Å². The van der Waals surface area contributed by atoms with E-state index >= 15 is 0 Å². The van der Waals surface area contributed by atoms with Gasteiger partial charge in [-0.3, -0.25) is 10.4 Å². The fourth-order valence-corrected chi connectivity index (χ4v) is 2.04. The van der Waals surface area contributed by atoms with Gasteiger partial charge >= 0.3 is 0 Å². The van der Waals surface area contributed by atoms with E-state index in [-0.39, 0.29) is 5.84 Å². The van der Waals surface area contributed by atoms with Crippen LogP contribution in [0, 0.1) is 5.41 Å². The Morgan fingerprint density at radius 1 is 1.21 bits per heavy atom. The Labute approximate surface area is 120 Å². The molecular weight excluding hydrogens is 306 g/mol. The molecule has 0 saturated heterocycles. The summed E-state index contributed by atoms with van der Waals surface area (Å²) in [5.41, 5.74) is 7.36. The standard InChI is InChI=1S/C14H14BrN3O/c15-12-5-11(7-18-8-12)9-19-13-3-1-10(2-4-13)6-14(16)17/h1-5,7-8H,6,9H2,(H3,16,17). The first-order valence-electron chi connectivity index (χ1n) is 5.77. The maximum atomic E-state index is 7.23. The van der Waals surface area contributed by atoms with Gasteiger partial charge in [-0.1, -0.05) is 12.1 Å². The first kappa shape index (κ1) is 13.5. The van der Waals surface area contributed by atoms with Crippen LogP contribution in [-0.4, -0.2) is 10.8 Å². The molecule has 0 aliphatic rings. The normalized spacial score (nSPS) is 10.2. The lowest BCUT2D eigenvalue weighted by Gasteiger charge is -2.07. The summed E-state index contributed by atoms with van der Waals surface area (Å²) in [7, 11) is 0. The van der Waals surface area contributed by atoms with Crippen molar-refractivity contribution in [1.82, 2.24) is 4.98 Å². The fraction of sp³-hybridized carbons (Fsp3) is 0.143. The number of nitrogens with two attached hydrogens (primary N) is 1. The molecule has 1 heterocycles. The lowest BCUT2D eigenvalue weighted by atomic mass is 10.1. The minimum Gasteiger partial charge on any atom is -0.489 e. The molecule has 1 aromatic carbocycles. The first-order chi connectivity index (χ1) is 9.13. The molecule has 0 spiro atoms. The second-order valence-corrected chi connectivity index (χ2v) is 5.06. The van der Waals surface area contributed by atoms with Crippen molar-refractivity contribution < 1.29 is 4.74 Å². The third kappa shape index (κ3) is 4.37. The molecule has 0 saturated carbocycles. The van der Waals surface area contributed by atoms with E-state index in [1.807, 2.05) is 30.3 Å². The Hall–Kier alpha value is -1.88. The van der Waals surface area contributed by atoms with Gasteiger partial charge in [-0.05, 0) is 39.7 Å². The van der Waals surface area contributed by atoms with E-state index in [0.717, 1.165) is 21.3 Å². The van der Waals surface area contributed by atoms with Crippen LogP contribution in [0.1, 0.15) is 11.1 Å². The molecule has 0 aliphatic carbocycles. The van der Waals surface area contributed by atoms with Gasteiger partial charge in [0.05, 0.1) is 5.84 Å². The summed E-state index contributed by atoms with van der Waals surface area (Å²) < 4.78 is 6.60. The molecule has 0 amide bonds. The molecule has 19 heavy (non-hydrogen) atoms. The lowest BCUT2D eigenvalue weighted by molar-refractivity contribution is 0.305. The molecule has 0 atom stereocenters. The summed E-state index contributed by atoms with van der Waals surface area (Å²) >= 11 is 3.37. The van der Waals surface area contributed by atoms with Crippen molar-refractivity contribution in [2.24, 2.45) is 5.73 Å². The summed E-state index contributed by atoms with van der Waals surface area (Å²) in [5, 5.41) is 7.23. The van der Waals surface area contributed by atoms with E-state index in [1.165, 1.54) is 0 Å². The zero-order chi connectivity index (χ0) is 13.7. The molecule has 3 N–H and O–H groups in total. The number of hydrogen-bond donors (Lipinski definition) is 2. The van der Waals surface area contributed by atoms with Crippen LogP contribution in [0.5, 0.6) is 5.75 Å². The Bertz CT molecular complexity index is 569. The number of amidine groups is 1. The SMILES string of the molecule is N=C(N)Cc1ccc(OCc2cncc(Br)c2)cc1. The zero-order valence-corrected chi connectivity index (χ0v) is 11.9. The molecule has 0 aliphatic heterocycles. The predicted octanol–water partition coefficient (Wildman–Crippen LogP) is 2.90. The highest BCUT2D eigenvalue weighted by Gasteiger charge is 1.99. The number of halogens is 1. The number of nitrogens with one attached hydrogen (secondary N) is 1. The largest absolute Gasteiger partial charge is 0.489 e. The van der Waals surface area contributed by atoms with Gasteiger partial charge in [-0.2, -0.15) is 0 Å². The van der Waals surface area contributed by atoms with Gasteiger partial charge in [0.15, 0.2) is 0 Å². The van der Waals surface area contributed by atoms with Crippen molar-refractivity contribution in [1.29, 1.82) is 5.41 Å². The number of ether oxygens (including phenoxy) is 1. The number of rotatable bonds is 5. The van der Waals surface area contributed by atoms with E-state index in [4.69, 9.17) is 15.9 Å². The molecule has 0 unspecified atom stereocenters. The second-order valence-electron chi connectivity index (χ2n) is 4.15. The average Bonchev–Trinajstić information content (AvgIpc) is 2.37. The van der Waals surface area contributed by atoms with Crippen LogP contribution in [0.2, 0.25) is 0 Å². The third-order valence-electron chi connectivity index (χ3n) is 2.48. The molecular formula is C14H14BrN3O. The number of aromatic nitrogens is 1.